The minimum atomic E-state index is -1.44. The average Bonchev–Trinajstić information content (AvgIpc) is 3.81. The third kappa shape index (κ3) is 9.49. The minimum Gasteiger partial charge on any atom is -0.462 e. The van der Waals surface area contributed by atoms with Crippen LogP contribution in [0.1, 0.15) is 52.9 Å². The molecule has 2 amide bonds. The van der Waals surface area contributed by atoms with Crippen molar-refractivity contribution in [2.45, 2.75) is 62.9 Å². The molecule has 2 heterocycles. The second-order valence-corrected chi connectivity index (χ2v) is 15.9. The summed E-state index contributed by atoms with van der Waals surface area (Å²) in [5.74, 6) is -4.43. The van der Waals surface area contributed by atoms with Crippen molar-refractivity contribution >= 4 is 35.8 Å². The lowest BCUT2D eigenvalue weighted by atomic mass is 9.90. The molecule has 3 aliphatic rings. The number of aliphatic hydroxyl groups is 1. The first-order chi connectivity index (χ1) is 29.4. The molecule has 0 spiro atoms. The summed E-state index contributed by atoms with van der Waals surface area (Å²) in [7, 11) is 1.54. The molecule has 316 valence electrons. The number of cyclic esters (lactones) is 1. The van der Waals surface area contributed by atoms with Gasteiger partial charge in [0.25, 0.3) is 0 Å². The summed E-state index contributed by atoms with van der Waals surface area (Å²) in [6, 6.07) is 33.5. The fraction of sp³-hybridized carbons (Fsp3) is 0.312. The molecule has 0 radical (unpaired) electrons. The Morgan fingerprint density at radius 2 is 1.54 bits per heavy atom. The molecule has 1 aliphatic carbocycles. The predicted molar refractivity (Wildman–Crippen MR) is 222 cm³/mol. The minimum absolute atomic E-state index is 0.0131. The van der Waals surface area contributed by atoms with Gasteiger partial charge in [0.15, 0.2) is 0 Å². The number of amides is 2. The molecule has 2 fully saturated rings. The van der Waals surface area contributed by atoms with Crippen LogP contribution in [0.2, 0.25) is 0 Å². The standard InChI is InChI=1S/C48H48N2O11/c1-47(2)30-57-46(56)42(47)59-40(52)23-22-32-16-13-17-33(26-32)45(55)58-38-28-34(44(54)50(3)37(43(53)49-24-25-51)27-31-14-7-4-8-15-31)29-39-41(38)61-48(60-39,35-18-9-5-10-19-35)36-20-11-6-12-21-36/h4-23,26,29,37-39,41-42,51H,24-25,27-28,30H2,1-3H3,(H,49,53)/t37-,38-,39-,41+,42+/m1/s1. The number of ether oxygens (including phenoxy) is 5. The van der Waals surface area contributed by atoms with Gasteiger partial charge in [-0.2, -0.15) is 0 Å². The van der Waals surface area contributed by atoms with Crippen LogP contribution in [0.5, 0.6) is 0 Å². The predicted octanol–water partition coefficient (Wildman–Crippen LogP) is 4.91. The van der Waals surface area contributed by atoms with E-state index in [0.29, 0.717) is 16.7 Å². The first-order valence-electron chi connectivity index (χ1n) is 20.1. The summed E-state index contributed by atoms with van der Waals surface area (Å²) in [6.45, 7) is 3.41. The van der Waals surface area contributed by atoms with Gasteiger partial charge in [0.1, 0.15) is 31.0 Å². The summed E-state index contributed by atoms with van der Waals surface area (Å²) >= 11 is 0. The Labute approximate surface area is 353 Å². The molecule has 0 saturated carbocycles. The zero-order chi connectivity index (χ0) is 43.1. The molecule has 5 atom stereocenters. The number of likely N-dealkylation sites (N-methyl/N-ethyl adjacent to an activating group) is 1. The summed E-state index contributed by atoms with van der Waals surface area (Å²) in [5, 5.41) is 12.1. The third-order valence-electron chi connectivity index (χ3n) is 11.0. The number of fused-ring (bicyclic) bond motifs is 1. The summed E-state index contributed by atoms with van der Waals surface area (Å²) in [4.78, 5) is 68.3. The van der Waals surface area contributed by atoms with Gasteiger partial charge < -0.3 is 39.0 Å². The lowest BCUT2D eigenvalue weighted by Crippen LogP contribution is -2.51. The van der Waals surface area contributed by atoms with Crippen LogP contribution in [0.4, 0.5) is 0 Å². The van der Waals surface area contributed by atoms with E-state index in [9.17, 15) is 29.1 Å². The van der Waals surface area contributed by atoms with Gasteiger partial charge in [0.2, 0.25) is 23.7 Å². The first-order valence-corrected chi connectivity index (χ1v) is 20.1. The largest absolute Gasteiger partial charge is 0.462 e. The van der Waals surface area contributed by atoms with E-state index in [1.165, 1.54) is 17.1 Å². The number of nitrogens with one attached hydrogen (secondary N) is 1. The number of esters is 3. The molecule has 0 bridgehead atoms. The van der Waals surface area contributed by atoms with E-state index in [4.69, 9.17) is 23.7 Å². The zero-order valence-electron chi connectivity index (χ0n) is 34.1. The fourth-order valence-corrected chi connectivity index (χ4v) is 7.72. The molecule has 0 aromatic heterocycles. The zero-order valence-corrected chi connectivity index (χ0v) is 34.1. The van der Waals surface area contributed by atoms with E-state index in [0.717, 1.165) is 5.56 Å². The first kappa shape index (κ1) is 42.7. The number of rotatable bonds is 14. The van der Waals surface area contributed by atoms with Crippen molar-refractivity contribution in [2.24, 2.45) is 5.41 Å². The Morgan fingerprint density at radius 1 is 0.885 bits per heavy atom. The fourth-order valence-electron chi connectivity index (χ4n) is 7.72. The molecule has 2 aliphatic heterocycles. The third-order valence-corrected chi connectivity index (χ3v) is 11.0. The Balaban J connectivity index is 1.18. The normalized spacial score (nSPS) is 21.7. The molecule has 61 heavy (non-hydrogen) atoms. The molecule has 4 aromatic carbocycles. The van der Waals surface area contributed by atoms with Crippen molar-refractivity contribution in [3.05, 3.63) is 161 Å². The number of carbonyl (C=O) groups excluding carboxylic acids is 5. The second-order valence-electron chi connectivity index (χ2n) is 15.9. The van der Waals surface area contributed by atoms with Gasteiger partial charge >= 0.3 is 17.9 Å². The number of benzene rings is 4. The number of carbonyl (C=O) groups is 5. The summed E-state index contributed by atoms with van der Waals surface area (Å²) in [6.07, 6.45) is 0.620. The van der Waals surface area contributed by atoms with Crippen LogP contribution in [0.25, 0.3) is 6.08 Å². The number of aliphatic hydroxyl groups excluding tert-OH is 1. The van der Waals surface area contributed by atoms with Crippen molar-refractivity contribution in [1.82, 2.24) is 10.2 Å². The van der Waals surface area contributed by atoms with Crippen molar-refractivity contribution in [2.75, 3.05) is 26.8 Å². The van der Waals surface area contributed by atoms with Gasteiger partial charge in [-0.05, 0) is 35.4 Å². The Morgan fingerprint density at radius 3 is 2.16 bits per heavy atom. The maximum Gasteiger partial charge on any atom is 0.348 e. The van der Waals surface area contributed by atoms with Crippen molar-refractivity contribution in [1.29, 1.82) is 0 Å². The van der Waals surface area contributed by atoms with E-state index >= 15 is 0 Å². The molecule has 13 heteroatoms. The SMILES string of the molecule is CN(C(=O)C1=C[C@H]2OC(c3ccccc3)(c3ccccc3)O[C@H]2[C@H](OC(=O)c2cccc(C=CC(=O)O[C@H]3C(=O)OCC3(C)C)c2)C1)[C@H](Cc1ccccc1)C(=O)NCCO. The molecule has 13 nitrogen and oxygen atoms in total. The van der Waals surface area contributed by atoms with Gasteiger partial charge in [-0.15, -0.1) is 0 Å². The van der Waals surface area contributed by atoms with Crippen LogP contribution in [-0.2, 0) is 55.1 Å². The maximum absolute atomic E-state index is 14.6. The van der Waals surface area contributed by atoms with E-state index < -0.39 is 71.4 Å². The quantitative estimate of drug-likeness (QED) is 0.101. The van der Waals surface area contributed by atoms with Crippen LogP contribution in [0.15, 0.2) is 133 Å². The Bertz CT molecular complexity index is 2250. The van der Waals surface area contributed by atoms with Crippen LogP contribution < -0.4 is 5.32 Å². The van der Waals surface area contributed by atoms with Crippen LogP contribution in [0, 0.1) is 5.41 Å². The van der Waals surface area contributed by atoms with Crippen molar-refractivity contribution < 1.29 is 52.8 Å². The van der Waals surface area contributed by atoms with Crippen LogP contribution in [0.3, 0.4) is 0 Å². The van der Waals surface area contributed by atoms with Crippen molar-refractivity contribution in [3.8, 4) is 0 Å². The van der Waals surface area contributed by atoms with Gasteiger partial charge in [0.05, 0.1) is 12.2 Å². The van der Waals surface area contributed by atoms with Crippen molar-refractivity contribution in [3.63, 3.8) is 0 Å². The highest BCUT2D eigenvalue weighted by Gasteiger charge is 2.55. The molecular weight excluding hydrogens is 781 g/mol. The van der Waals surface area contributed by atoms with Gasteiger partial charge in [-0.1, -0.05) is 117 Å². The highest BCUT2D eigenvalue weighted by Crippen LogP contribution is 2.47. The smallest absolute Gasteiger partial charge is 0.348 e. The monoisotopic (exact) mass is 828 g/mol. The number of hydrogen-bond acceptors (Lipinski definition) is 11. The van der Waals surface area contributed by atoms with Gasteiger partial charge in [0, 0.05) is 54.6 Å². The van der Waals surface area contributed by atoms with E-state index in [1.807, 2.05) is 91.0 Å². The number of hydrogen-bond donors (Lipinski definition) is 2. The summed E-state index contributed by atoms with van der Waals surface area (Å²) in [5.41, 5.74) is 2.42. The van der Waals surface area contributed by atoms with E-state index in [2.05, 4.69) is 5.32 Å². The number of nitrogens with zero attached hydrogens (tertiary/aromatic N) is 1. The lowest BCUT2D eigenvalue weighted by molar-refractivity contribution is -0.159. The maximum atomic E-state index is 14.6. The second kappa shape index (κ2) is 18.5. The molecule has 4 aromatic rings. The molecule has 7 rings (SSSR count). The molecule has 2 saturated heterocycles. The lowest BCUT2D eigenvalue weighted by Gasteiger charge is -2.33. The topological polar surface area (TPSA) is 167 Å². The highest BCUT2D eigenvalue weighted by atomic mass is 16.8. The molecule has 0 unspecified atom stereocenters. The van der Waals surface area contributed by atoms with E-state index in [1.54, 1.807) is 51.2 Å². The van der Waals surface area contributed by atoms with E-state index in [-0.39, 0.29) is 43.7 Å². The Kier molecular flexibility index (Phi) is 12.9. The van der Waals surface area contributed by atoms with Gasteiger partial charge in [-0.3, -0.25) is 9.59 Å². The highest BCUT2D eigenvalue weighted by molar-refractivity contribution is 5.97. The van der Waals surface area contributed by atoms with Gasteiger partial charge in [-0.25, -0.2) is 14.4 Å². The summed E-state index contributed by atoms with van der Waals surface area (Å²) < 4.78 is 30.4. The average molecular weight is 829 g/mol. The molecule has 2 N–H and O–H groups in total. The van der Waals surface area contributed by atoms with Crippen LogP contribution >= 0.6 is 0 Å². The Hall–Kier alpha value is -6.41. The molecular formula is C48H48N2O11. The van der Waals surface area contributed by atoms with Crippen LogP contribution in [-0.4, -0.2) is 97.0 Å².